The normalized spacial score (nSPS) is 23.4. The molecule has 1 saturated carbocycles. The summed E-state index contributed by atoms with van der Waals surface area (Å²) in [6.07, 6.45) is 2.15. The van der Waals surface area contributed by atoms with Gasteiger partial charge in [-0.2, -0.15) is 0 Å². The molecule has 3 aliphatic rings. The predicted octanol–water partition coefficient (Wildman–Crippen LogP) is 3.09. The fraction of sp³-hybridized carbons (Fsp3) is 0.571. The molecule has 1 saturated heterocycles. The molecule has 2 fully saturated rings. The van der Waals surface area contributed by atoms with Gasteiger partial charge in [0.2, 0.25) is 0 Å². The van der Waals surface area contributed by atoms with Crippen molar-refractivity contribution in [2.45, 2.75) is 50.9 Å². The molecule has 1 aromatic rings. The summed E-state index contributed by atoms with van der Waals surface area (Å²) in [5.41, 5.74) is 1.03. The maximum atomic E-state index is 13.3. The van der Waals surface area contributed by atoms with Crippen LogP contribution in [0.15, 0.2) is 30.0 Å². The number of benzene rings is 1. The topological polar surface area (TPSA) is 77.5 Å². The summed E-state index contributed by atoms with van der Waals surface area (Å²) < 4.78 is 16.9. The number of hydrogen-bond donors (Lipinski definition) is 1. The summed E-state index contributed by atoms with van der Waals surface area (Å²) in [6.45, 7) is 5.37. The number of carbonyl (C=O) groups is 1. The number of amides is 1. The molecular weight excluding hydrogens is 362 g/mol. The Morgan fingerprint density at radius 3 is 2.46 bits per heavy atom. The Morgan fingerprint density at radius 1 is 1.14 bits per heavy atom. The van der Waals surface area contributed by atoms with Gasteiger partial charge in [-0.3, -0.25) is 4.79 Å². The summed E-state index contributed by atoms with van der Waals surface area (Å²) >= 11 is 0. The van der Waals surface area contributed by atoms with Crippen molar-refractivity contribution in [3.63, 3.8) is 0 Å². The SMILES string of the molecule is CCOCON1C(=O)C(c2ccccc2C)=C(O)C12CCC1(CC2)OCCO1. The molecule has 0 atom stereocenters. The van der Waals surface area contributed by atoms with Crippen LogP contribution in [0.4, 0.5) is 0 Å². The third kappa shape index (κ3) is 3.03. The number of aliphatic hydroxyl groups excluding tert-OH is 1. The van der Waals surface area contributed by atoms with Gasteiger partial charge in [0.05, 0.1) is 18.8 Å². The van der Waals surface area contributed by atoms with Gasteiger partial charge in [-0.15, -0.1) is 0 Å². The largest absolute Gasteiger partial charge is 0.509 e. The number of hydrogen-bond acceptors (Lipinski definition) is 6. The van der Waals surface area contributed by atoms with Gasteiger partial charge in [-0.25, -0.2) is 9.90 Å². The molecule has 1 aromatic carbocycles. The average Bonchev–Trinajstić information content (AvgIpc) is 3.23. The van der Waals surface area contributed by atoms with Crippen molar-refractivity contribution in [3.05, 3.63) is 41.2 Å². The van der Waals surface area contributed by atoms with Crippen LogP contribution in [0, 0.1) is 6.92 Å². The molecule has 1 aliphatic carbocycles. The van der Waals surface area contributed by atoms with Gasteiger partial charge in [0, 0.05) is 19.4 Å². The van der Waals surface area contributed by atoms with E-state index in [-0.39, 0.29) is 18.5 Å². The lowest BCUT2D eigenvalue weighted by molar-refractivity contribution is -0.267. The van der Waals surface area contributed by atoms with Gasteiger partial charge >= 0.3 is 0 Å². The molecule has 0 radical (unpaired) electrons. The minimum atomic E-state index is -0.924. The van der Waals surface area contributed by atoms with E-state index in [1.807, 2.05) is 38.1 Å². The number of carbonyl (C=O) groups excluding carboxylic acids is 1. The van der Waals surface area contributed by atoms with Crippen molar-refractivity contribution >= 4 is 11.5 Å². The van der Waals surface area contributed by atoms with E-state index in [1.54, 1.807) is 0 Å². The average molecular weight is 389 g/mol. The summed E-state index contributed by atoms with van der Waals surface area (Å²) in [4.78, 5) is 19.1. The quantitative estimate of drug-likeness (QED) is 0.616. The van der Waals surface area contributed by atoms with Crippen molar-refractivity contribution in [2.24, 2.45) is 0 Å². The standard InChI is InChI=1S/C21H27NO6/c1-3-25-14-28-22-19(24)17(16-7-5-4-6-15(16)2)18(23)20(22)8-10-21(11-9-20)26-12-13-27-21/h4-7,23H,3,8-14H2,1-2H3. The lowest BCUT2D eigenvalue weighted by atomic mass is 9.77. The van der Waals surface area contributed by atoms with Crippen LogP contribution in [0.1, 0.15) is 43.7 Å². The molecule has 152 valence electrons. The smallest absolute Gasteiger partial charge is 0.282 e. The maximum absolute atomic E-state index is 13.3. The number of hydroxylamine groups is 2. The molecule has 1 N–H and O–H groups in total. The molecule has 28 heavy (non-hydrogen) atoms. The van der Waals surface area contributed by atoms with E-state index in [0.717, 1.165) is 11.1 Å². The van der Waals surface area contributed by atoms with Crippen LogP contribution in [0.2, 0.25) is 0 Å². The zero-order chi connectivity index (χ0) is 19.8. The molecule has 1 amide bonds. The Bertz CT molecular complexity index is 773. The van der Waals surface area contributed by atoms with Crippen molar-refractivity contribution in [2.75, 3.05) is 26.6 Å². The highest BCUT2D eigenvalue weighted by Crippen LogP contribution is 2.51. The first-order chi connectivity index (χ1) is 13.5. The third-order valence-corrected chi connectivity index (χ3v) is 6.00. The highest BCUT2D eigenvalue weighted by atomic mass is 16.8. The molecule has 0 unspecified atom stereocenters. The summed E-state index contributed by atoms with van der Waals surface area (Å²) in [5, 5.41) is 12.6. The molecule has 2 spiro atoms. The summed E-state index contributed by atoms with van der Waals surface area (Å²) in [5.74, 6) is -0.877. The van der Waals surface area contributed by atoms with E-state index in [2.05, 4.69) is 0 Å². The molecule has 7 nitrogen and oxygen atoms in total. The van der Waals surface area contributed by atoms with Gasteiger partial charge in [-0.1, -0.05) is 24.3 Å². The first-order valence-electron chi connectivity index (χ1n) is 9.86. The van der Waals surface area contributed by atoms with Gasteiger partial charge in [0.1, 0.15) is 11.3 Å². The van der Waals surface area contributed by atoms with E-state index >= 15 is 0 Å². The van der Waals surface area contributed by atoms with Crippen LogP contribution < -0.4 is 0 Å². The second-order valence-corrected chi connectivity index (χ2v) is 7.52. The fourth-order valence-corrected chi connectivity index (χ4v) is 4.45. The minimum absolute atomic E-state index is 0.0452. The van der Waals surface area contributed by atoms with Crippen LogP contribution in [0.25, 0.3) is 5.57 Å². The zero-order valence-corrected chi connectivity index (χ0v) is 16.4. The monoisotopic (exact) mass is 389 g/mol. The van der Waals surface area contributed by atoms with Gasteiger partial charge in [-0.05, 0) is 37.8 Å². The third-order valence-electron chi connectivity index (χ3n) is 6.00. The number of aliphatic hydroxyl groups is 1. The maximum Gasteiger partial charge on any atom is 0.282 e. The first kappa shape index (κ1) is 19.4. The van der Waals surface area contributed by atoms with E-state index in [4.69, 9.17) is 19.0 Å². The Labute approximate surface area is 164 Å². The molecule has 0 aromatic heterocycles. The minimum Gasteiger partial charge on any atom is -0.509 e. The number of nitrogens with zero attached hydrogens (tertiary/aromatic N) is 1. The van der Waals surface area contributed by atoms with Gasteiger partial charge in [0.15, 0.2) is 12.6 Å². The Kier molecular flexibility index (Phi) is 5.18. The second kappa shape index (κ2) is 7.48. The Hall–Kier alpha value is -1.93. The van der Waals surface area contributed by atoms with Crippen LogP contribution in [0.3, 0.4) is 0 Å². The van der Waals surface area contributed by atoms with Crippen LogP contribution in [-0.2, 0) is 23.8 Å². The van der Waals surface area contributed by atoms with Crippen LogP contribution in [0.5, 0.6) is 0 Å². The van der Waals surface area contributed by atoms with Crippen molar-refractivity contribution in [3.8, 4) is 0 Å². The Balaban J connectivity index is 1.70. The summed E-state index contributed by atoms with van der Waals surface area (Å²) in [6, 6.07) is 7.55. The predicted molar refractivity (Wildman–Crippen MR) is 101 cm³/mol. The molecule has 7 heteroatoms. The molecule has 2 heterocycles. The van der Waals surface area contributed by atoms with Crippen LogP contribution in [-0.4, -0.2) is 54.0 Å². The molecule has 2 aliphatic heterocycles. The number of rotatable bonds is 5. The van der Waals surface area contributed by atoms with E-state index in [9.17, 15) is 9.90 Å². The van der Waals surface area contributed by atoms with Crippen molar-refractivity contribution in [1.29, 1.82) is 0 Å². The van der Waals surface area contributed by atoms with Crippen molar-refractivity contribution < 1.29 is 28.9 Å². The molecular formula is C21H27NO6. The fourth-order valence-electron chi connectivity index (χ4n) is 4.45. The summed E-state index contributed by atoms with van der Waals surface area (Å²) in [7, 11) is 0. The highest BCUT2D eigenvalue weighted by molar-refractivity contribution is 6.23. The first-order valence-corrected chi connectivity index (χ1v) is 9.86. The van der Waals surface area contributed by atoms with Gasteiger partial charge in [0.25, 0.3) is 5.91 Å². The highest BCUT2D eigenvalue weighted by Gasteiger charge is 2.58. The lowest BCUT2D eigenvalue weighted by Crippen LogP contribution is -2.54. The van der Waals surface area contributed by atoms with E-state index in [0.29, 0.717) is 51.1 Å². The van der Waals surface area contributed by atoms with E-state index in [1.165, 1.54) is 5.06 Å². The number of aryl methyl sites for hydroxylation is 1. The van der Waals surface area contributed by atoms with E-state index < -0.39 is 11.3 Å². The Morgan fingerprint density at radius 2 is 1.82 bits per heavy atom. The molecule has 4 rings (SSSR count). The lowest BCUT2D eigenvalue weighted by Gasteiger charge is -2.44. The zero-order valence-electron chi connectivity index (χ0n) is 16.4. The van der Waals surface area contributed by atoms with Crippen LogP contribution >= 0.6 is 0 Å². The number of ether oxygens (including phenoxy) is 3. The van der Waals surface area contributed by atoms with Gasteiger partial charge < -0.3 is 19.3 Å². The van der Waals surface area contributed by atoms with Crippen molar-refractivity contribution in [1.82, 2.24) is 5.06 Å². The molecule has 0 bridgehead atoms. The second-order valence-electron chi connectivity index (χ2n) is 7.52.